The highest BCUT2D eigenvalue weighted by atomic mass is 32.1. The third-order valence-electron chi connectivity index (χ3n) is 3.28. The van der Waals surface area contributed by atoms with Crippen LogP contribution in [0.1, 0.15) is 17.3 Å². The van der Waals surface area contributed by atoms with Gasteiger partial charge in [-0.3, -0.25) is 0 Å². The maximum absolute atomic E-state index is 4.75. The molecular formula is C16H16N2S2. The largest absolute Gasteiger partial charge is 0.313 e. The van der Waals surface area contributed by atoms with Crippen molar-refractivity contribution in [3.63, 3.8) is 0 Å². The van der Waals surface area contributed by atoms with Crippen LogP contribution in [0.15, 0.2) is 52.5 Å². The van der Waals surface area contributed by atoms with Crippen LogP contribution in [0.2, 0.25) is 0 Å². The third-order valence-corrected chi connectivity index (χ3v) is 4.91. The van der Waals surface area contributed by atoms with Crippen molar-refractivity contribution < 1.29 is 0 Å². The number of nitrogens with one attached hydrogen (secondary N) is 1. The summed E-state index contributed by atoms with van der Waals surface area (Å²) < 4.78 is 0. The number of likely N-dealkylation sites (N-methyl/N-ethyl adjacent to an activating group) is 1. The number of thiophene rings is 1. The van der Waals surface area contributed by atoms with E-state index in [0.717, 1.165) is 17.1 Å². The summed E-state index contributed by atoms with van der Waals surface area (Å²) in [7, 11) is 2.00. The average molecular weight is 300 g/mol. The number of hydrogen-bond acceptors (Lipinski definition) is 4. The highest BCUT2D eigenvalue weighted by Gasteiger charge is 2.12. The monoisotopic (exact) mass is 300 g/mol. The zero-order valence-electron chi connectivity index (χ0n) is 11.2. The summed E-state index contributed by atoms with van der Waals surface area (Å²) in [6, 6.07) is 13.0. The van der Waals surface area contributed by atoms with Crippen LogP contribution < -0.4 is 5.32 Å². The molecule has 0 saturated carbocycles. The minimum Gasteiger partial charge on any atom is -0.313 e. The third kappa shape index (κ3) is 2.98. The zero-order valence-corrected chi connectivity index (χ0v) is 12.9. The van der Waals surface area contributed by atoms with E-state index in [1.54, 1.807) is 22.7 Å². The minimum absolute atomic E-state index is 0.314. The molecule has 1 unspecified atom stereocenters. The molecule has 1 atom stereocenters. The standard InChI is InChI=1S/C16H16N2S2/c1-17-15(12-5-3-2-4-6-12)9-14-11-20-16(18-14)13-7-8-19-10-13/h2-8,10-11,15,17H,9H2,1H3. The Labute approximate surface area is 127 Å². The molecule has 20 heavy (non-hydrogen) atoms. The number of benzene rings is 1. The van der Waals surface area contributed by atoms with Gasteiger partial charge in [0.2, 0.25) is 0 Å². The lowest BCUT2D eigenvalue weighted by Gasteiger charge is -2.15. The van der Waals surface area contributed by atoms with Gasteiger partial charge >= 0.3 is 0 Å². The van der Waals surface area contributed by atoms with Gasteiger partial charge in [-0.05, 0) is 24.1 Å². The molecule has 0 amide bonds. The predicted octanol–water partition coefficient (Wildman–Crippen LogP) is 4.37. The van der Waals surface area contributed by atoms with Gasteiger partial charge in [0.25, 0.3) is 0 Å². The molecule has 0 bridgehead atoms. The van der Waals surface area contributed by atoms with Gasteiger partial charge in [-0.1, -0.05) is 30.3 Å². The molecule has 0 radical (unpaired) electrons. The maximum atomic E-state index is 4.75. The normalized spacial score (nSPS) is 12.4. The first-order chi connectivity index (χ1) is 9.86. The second kappa shape index (κ2) is 6.31. The molecule has 2 nitrogen and oxygen atoms in total. The van der Waals surface area contributed by atoms with E-state index in [0.29, 0.717) is 6.04 Å². The lowest BCUT2D eigenvalue weighted by atomic mass is 10.0. The van der Waals surface area contributed by atoms with Crippen LogP contribution in [0.4, 0.5) is 0 Å². The van der Waals surface area contributed by atoms with E-state index in [1.807, 2.05) is 13.1 Å². The molecule has 1 N–H and O–H groups in total. The summed E-state index contributed by atoms with van der Waals surface area (Å²) in [5.74, 6) is 0. The summed E-state index contributed by atoms with van der Waals surface area (Å²) >= 11 is 3.44. The highest BCUT2D eigenvalue weighted by Crippen LogP contribution is 2.27. The first-order valence-corrected chi connectivity index (χ1v) is 8.38. The average Bonchev–Trinajstić information content (AvgIpc) is 3.16. The Balaban J connectivity index is 1.77. The molecule has 3 aromatic rings. The Morgan fingerprint density at radius 1 is 1.15 bits per heavy atom. The van der Waals surface area contributed by atoms with Gasteiger partial charge in [0.15, 0.2) is 0 Å². The van der Waals surface area contributed by atoms with Gasteiger partial charge in [0, 0.05) is 28.8 Å². The second-order valence-corrected chi connectivity index (χ2v) is 6.25. The second-order valence-electron chi connectivity index (χ2n) is 4.61. The van der Waals surface area contributed by atoms with Crippen LogP contribution in [0.3, 0.4) is 0 Å². The molecule has 4 heteroatoms. The van der Waals surface area contributed by atoms with E-state index in [-0.39, 0.29) is 0 Å². The van der Waals surface area contributed by atoms with Gasteiger partial charge in [-0.2, -0.15) is 11.3 Å². The molecule has 0 aliphatic heterocycles. The summed E-state index contributed by atoms with van der Waals surface area (Å²) in [5, 5.41) is 10.9. The summed E-state index contributed by atoms with van der Waals surface area (Å²) in [4.78, 5) is 4.75. The Kier molecular flexibility index (Phi) is 4.25. The van der Waals surface area contributed by atoms with E-state index in [1.165, 1.54) is 11.1 Å². The van der Waals surface area contributed by atoms with Gasteiger partial charge in [-0.25, -0.2) is 4.98 Å². The Morgan fingerprint density at radius 2 is 2.00 bits per heavy atom. The van der Waals surface area contributed by atoms with Crippen molar-refractivity contribution in [1.29, 1.82) is 0 Å². The van der Waals surface area contributed by atoms with Crippen LogP contribution >= 0.6 is 22.7 Å². The van der Waals surface area contributed by atoms with Gasteiger partial charge in [0.1, 0.15) is 5.01 Å². The smallest absolute Gasteiger partial charge is 0.124 e. The van der Waals surface area contributed by atoms with Crippen LogP contribution in [0, 0.1) is 0 Å². The van der Waals surface area contributed by atoms with Crippen molar-refractivity contribution >= 4 is 22.7 Å². The predicted molar refractivity (Wildman–Crippen MR) is 87.4 cm³/mol. The number of aromatic nitrogens is 1. The van der Waals surface area contributed by atoms with Crippen molar-refractivity contribution in [2.75, 3.05) is 7.05 Å². The zero-order chi connectivity index (χ0) is 13.8. The number of hydrogen-bond donors (Lipinski definition) is 1. The Morgan fingerprint density at radius 3 is 2.70 bits per heavy atom. The molecular weight excluding hydrogens is 284 g/mol. The first kappa shape index (κ1) is 13.5. The fraction of sp³-hybridized carbons (Fsp3) is 0.188. The van der Waals surface area contributed by atoms with Crippen LogP contribution in [-0.2, 0) is 6.42 Å². The molecule has 3 rings (SSSR count). The van der Waals surface area contributed by atoms with E-state index in [4.69, 9.17) is 4.98 Å². The molecule has 0 fully saturated rings. The molecule has 2 heterocycles. The van der Waals surface area contributed by atoms with Crippen LogP contribution in [0.5, 0.6) is 0 Å². The lowest BCUT2D eigenvalue weighted by Crippen LogP contribution is -2.18. The molecule has 1 aromatic carbocycles. The number of nitrogens with zero attached hydrogens (tertiary/aromatic N) is 1. The Hall–Kier alpha value is -1.49. The molecule has 102 valence electrons. The number of thiazole rings is 1. The fourth-order valence-electron chi connectivity index (χ4n) is 2.20. The van der Waals surface area contributed by atoms with Gasteiger partial charge in [0.05, 0.1) is 5.69 Å². The van der Waals surface area contributed by atoms with Crippen molar-refractivity contribution in [3.8, 4) is 10.6 Å². The number of rotatable bonds is 5. The SMILES string of the molecule is CNC(Cc1csc(-c2ccsc2)n1)c1ccccc1. The molecule has 0 aliphatic rings. The minimum atomic E-state index is 0.314. The van der Waals surface area contributed by atoms with Crippen molar-refractivity contribution in [1.82, 2.24) is 10.3 Å². The first-order valence-electron chi connectivity index (χ1n) is 6.56. The molecule has 0 aliphatic carbocycles. The highest BCUT2D eigenvalue weighted by molar-refractivity contribution is 7.14. The van der Waals surface area contributed by atoms with Crippen LogP contribution in [0.25, 0.3) is 10.6 Å². The van der Waals surface area contributed by atoms with Crippen molar-refractivity contribution in [2.24, 2.45) is 0 Å². The van der Waals surface area contributed by atoms with Crippen molar-refractivity contribution in [2.45, 2.75) is 12.5 Å². The van der Waals surface area contributed by atoms with E-state index in [2.05, 4.69) is 51.8 Å². The van der Waals surface area contributed by atoms with Crippen LogP contribution in [-0.4, -0.2) is 12.0 Å². The van der Waals surface area contributed by atoms with Gasteiger partial charge < -0.3 is 5.32 Å². The van der Waals surface area contributed by atoms with Crippen molar-refractivity contribution in [3.05, 3.63) is 63.8 Å². The summed E-state index contributed by atoms with van der Waals surface area (Å²) in [5.41, 5.74) is 3.69. The Bertz CT molecular complexity index is 644. The molecule has 0 spiro atoms. The van der Waals surface area contributed by atoms with E-state index < -0.39 is 0 Å². The van der Waals surface area contributed by atoms with E-state index >= 15 is 0 Å². The maximum Gasteiger partial charge on any atom is 0.124 e. The molecule has 0 saturated heterocycles. The lowest BCUT2D eigenvalue weighted by molar-refractivity contribution is 0.586. The topological polar surface area (TPSA) is 24.9 Å². The fourth-order valence-corrected chi connectivity index (χ4v) is 3.75. The van der Waals surface area contributed by atoms with E-state index in [9.17, 15) is 0 Å². The van der Waals surface area contributed by atoms with Gasteiger partial charge in [-0.15, -0.1) is 11.3 Å². The quantitative estimate of drug-likeness (QED) is 0.756. The summed E-state index contributed by atoms with van der Waals surface area (Å²) in [6.07, 6.45) is 0.918. The molecule has 2 aromatic heterocycles. The summed E-state index contributed by atoms with van der Waals surface area (Å²) in [6.45, 7) is 0.